The van der Waals surface area contributed by atoms with Crippen LogP contribution in [0.15, 0.2) is 188 Å². The molecule has 0 radical (unpaired) electrons. The van der Waals surface area contributed by atoms with Crippen LogP contribution in [0.25, 0.3) is 103 Å². The van der Waals surface area contributed by atoms with Crippen molar-refractivity contribution in [2.75, 3.05) is 0 Å². The van der Waals surface area contributed by atoms with E-state index in [4.69, 9.17) is 9.97 Å². The Balaban J connectivity index is 1.10. The molecule has 0 saturated carbocycles. The van der Waals surface area contributed by atoms with Crippen LogP contribution < -0.4 is 0 Å². The average molecular weight is 706 g/mol. The zero-order valence-corrected chi connectivity index (χ0v) is 30.0. The number of nitrogens with zero attached hydrogens (tertiary/aromatic N) is 3. The second kappa shape index (κ2) is 12.4. The number of thiophene rings is 1. The molecule has 3 heterocycles. The molecule has 0 unspecified atom stereocenters. The summed E-state index contributed by atoms with van der Waals surface area (Å²) in [5.41, 5.74) is 12.2. The fraction of sp³-hybridized carbons (Fsp3) is 0. The highest BCUT2D eigenvalue weighted by Crippen LogP contribution is 2.42. The molecular formula is C50H31N3S. The lowest BCUT2D eigenvalue weighted by atomic mass is 9.98. The summed E-state index contributed by atoms with van der Waals surface area (Å²) in [4.78, 5) is 10.7. The SMILES string of the molecule is c1ccc(-c2cccc(-c3nc(-c4cccc(-c5ccc6c(c5)c5c7ccccc7ccc5n6-c5ccccc5)c4)nc4c3sc3ccccc34)c2)cc1. The van der Waals surface area contributed by atoms with Gasteiger partial charge in [0.15, 0.2) is 5.82 Å². The van der Waals surface area contributed by atoms with Gasteiger partial charge in [-0.15, -0.1) is 11.3 Å². The maximum Gasteiger partial charge on any atom is 0.160 e. The molecule has 252 valence electrons. The van der Waals surface area contributed by atoms with E-state index in [0.717, 1.165) is 55.1 Å². The van der Waals surface area contributed by atoms with Crippen molar-refractivity contribution in [3.63, 3.8) is 0 Å². The zero-order valence-electron chi connectivity index (χ0n) is 29.1. The van der Waals surface area contributed by atoms with Gasteiger partial charge < -0.3 is 4.57 Å². The summed E-state index contributed by atoms with van der Waals surface area (Å²) >= 11 is 1.76. The first-order valence-corrected chi connectivity index (χ1v) is 19.1. The number of rotatable bonds is 5. The molecule has 3 nitrogen and oxygen atoms in total. The first-order valence-electron chi connectivity index (χ1n) is 18.2. The molecule has 4 heteroatoms. The van der Waals surface area contributed by atoms with Crippen LogP contribution in [-0.2, 0) is 0 Å². The summed E-state index contributed by atoms with van der Waals surface area (Å²) in [6, 6.07) is 67.3. The lowest BCUT2D eigenvalue weighted by molar-refractivity contribution is 1.18. The van der Waals surface area contributed by atoms with Crippen LogP contribution in [0, 0.1) is 0 Å². The van der Waals surface area contributed by atoms with E-state index in [2.05, 4.69) is 193 Å². The quantitative estimate of drug-likeness (QED) is 0.178. The van der Waals surface area contributed by atoms with Crippen molar-refractivity contribution >= 4 is 64.2 Å². The first kappa shape index (κ1) is 30.7. The minimum absolute atomic E-state index is 0.723. The Kier molecular flexibility index (Phi) is 7.04. The maximum absolute atomic E-state index is 5.36. The Hall–Kier alpha value is -6.88. The van der Waals surface area contributed by atoms with E-state index in [1.165, 1.54) is 48.4 Å². The molecule has 3 aromatic heterocycles. The van der Waals surface area contributed by atoms with E-state index < -0.39 is 0 Å². The van der Waals surface area contributed by atoms with Crippen LogP contribution in [0.3, 0.4) is 0 Å². The topological polar surface area (TPSA) is 30.7 Å². The van der Waals surface area contributed by atoms with Crippen LogP contribution in [0.1, 0.15) is 0 Å². The third kappa shape index (κ3) is 4.96. The van der Waals surface area contributed by atoms with Gasteiger partial charge in [0.05, 0.1) is 26.9 Å². The molecular weight excluding hydrogens is 675 g/mol. The molecule has 54 heavy (non-hydrogen) atoms. The first-order chi connectivity index (χ1) is 26.8. The highest BCUT2D eigenvalue weighted by atomic mass is 32.1. The fourth-order valence-corrected chi connectivity index (χ4v) is 9.21. The van der Waals surface area contributed by atoms with Gasteiger partial charge >= 0.3 is 0 Å². The van der Waals surface area contributed by atoms with Gasteiger partial charge in [-0.1, -0.05) is 140 Å². The van der Waals surface area contributed by atoms with Crippen LogP contribution in [0.4, 0.5) is 0 Å². The third-order valence-corrected chi connectivity index (χ3v) is 11.8. The van der Waals surface area contributed by atoms with E-state index in [1.807, 2.05) is 0 Å². The van der Waals surface area contributed by atoms with Gasteiger partial charge in [-0.25, -0.2) is 9.97 Å². The molecule has 11 aromatic rings. The maximum atomic E-state index is 5.36. The highest BCUT2D eigenvalue weighted by Gasteiger charge is 2.19. The number of hydrogen-bond acceptors (Lipinski definition) is 3. The number of aromatic nitrogens is 3. The molecule has 0 saturated heterocycles. The Morgan fingerprint density at radius 1 is 0.407 bits per heavy atom. The van der Waals surface area contributed by atoms with Crippen molar-refractivity contribution in [1.82, 2.24) is 14.5 Å². The standard InChI is InChI=1S/C50H31N3S/c1-3-13-32(14-4-1)34-16-11-18-37(29-34)47-49-48(41-23-9-10-24-45(41)54-49)52-50(51-47)38-19-12-17-35(30-38)36-26-27-43-42(31-36)46-40-22-8-7-15-33(40)25-28-44(46)53(43)39-20-5-2-6-21-39/h1-31H. The van der Waals surface area contributed by atoms with Crippen LogP contribution in [-0.4, -0.2) is 14.5 Å². The molecule has 11 rings (SSSR count). The predicted octanol–water partition coefficient (Wildman–Crippen LogP) is 13.8. The van der Waals surface area contributed by atoms with Gasteiger partial charge in [0.2, 0.25) is 0 Å². The number of benzene rings is 8. The third-order valence-electron chi connectivity index (χ3n) is 10.6. The van der Waals surface area contributed by atoms with Gasteiger partial charge in [-0.2, -0.15) is 0 Å². The summed E-state index contributed by atoms with van der Waals surface area (Å²) in [6.07, 6.45) is 0. The molecule has 0 bridgehead atoms. The van der Waals surface area contributed by atoms with Crippen LogP contribution >= 0.6 is 11.3 Å². The molecule has 8 aromatic carbocycles. The normalized spacial score (nSPS) is 11.7. The Morgan fingerprint density at radius 2 is 1.04 bits per heavy atom. The van der Waals surface area contributed by atoms with Gasteiger partial charge in [-0.05, 0) is 81.6 Å². The predicted molar refractivity (Wildman–Crippen MR) is 229 cm³/mol. The lowest BCUT2D eigenvalue weighted by Crippen LogP contribution is -1.94. The second-order valence-corrected chi connectivity index (χ2v) is 14.8. The fourth-order valence-electron chi connectivity index (χ4n) is 8.06. The molecule has 0 spiro atoms. The van der Waals surface area contributed by atoms with E-state index in [0.29, 0.717) is 0 Å². The number of fused-ring (bicyclic) bond motifs is 8. The van der Waals surface area contributed by atoms with Crippen molar-refractivity contribution in [3.05, 3.63) is 188 Å². The van der Waals surface area contributed by atoms with Gasteiger partial charge in [0, 0.05) is 37.7 Å². The summed E-state index contributed by atoms with van der Waals surface area (Å²) in [6.45, 7) is 0. The minimum atomic E-state index is 0.723. The molecule has 0 aliphatic carbocycles. The average Bonchev–Trinajstić information content (AvgIpc) is 3.80. The Labute approximate surface area is 316 Å². The van der Waals surface area contributed by atoms with Gasteiger partial charge in [0.25, 0.3) is 0 Å². The van der Waals surface area contributed by atoms with Crippen molar-refractivity contribution in [3.8, 4) is 50.6 Å². The van der Waals surface area contributed by atoms with Crippen molar-refractivity contribution in [2.45, 2.75) is 0 Å². The van der Waals surface area contributed by atoms with E-state index in [9.17, 15) is 0 Å². The highest BCUT2D eigenvalue weighted by molar-refractivity contribution is 7.26. The summed E-state index contributed by atoms with van der Waals surface area (Å²) in [5, 5.41) is 6.16. The molecule has 0 aliphatic rings. The summed E-state index contributed by atoms with van der Waals surface area (Å²) in [5.74, 6) is 0.723. The molecule has 0 aliphatic heterocycles. The largest absolute Gasteiger partial charge is 0.309 e. The molecule has 0 fully saturated rings. The Bertz CT molecular complexity index is 3210. The van der Waals surface area contributed by atoms with Crippen LogP contribution in [0.5, 0.6) is 0 Å². The van der Waals surface area contributed by atoms with Crippen LogP contribution in [0.2, 0.25) is 0 Å². The smallest absolute Gasteiger partial charge is 0.160 e. The molecule has 0 amide bonds. The Morgan fingerprint density at radius 3 is 1.89 bits per heavy atom. The number of hydrogen-bond donors (Lipinski definition) is 0. The zero-order chi connectivity index (χ0) is 35.6. The molecule has 0 atom stereocenters. The van der Waals surface area contributed by atoms with Crippen molar-refractivity contribution in [2.24, 2.45) is 0 Å². The van der Waals surface area contributed by atoms with Gasteiger partial charge in [-0.3, -0.25) is 0 Å². The summed E-state index contributed by atoms with van der Waals surface area (Å²) in [7, 11) is 0. The van der Waals surface area contributed by atoms with E-state index in [1.54, 1.807) is 11.3 Å². The van der Waals surface area contributed by atoms with E-state index in [-0.39, 0.29) is 0 Å². The van der Waals surface area contributed by atoms with Crippen molar-refractivity contribution < 1.29 is 0 Å². The van der Waals surface area contributed by atoms with Gasteiger partial charge in [0.1, 0.15) is 0 Å². The summed E-state index contributed by atoms with van der Waals surface area (Å²) < 4.78 is 4.71. The number of para-hydroxylation sites is 1. The molecule has 0 N–H and O–H groups in total. The monoisotopic (exact) mass is 705 g/mol. The van der Waals surface area contributed by atoms with Crippen molar-refractivity contribution in [1.29, 1.82) is 0 Å². The van der Waals surface area contributed by atoms with E-state index >= 15 is 0 Å². The second-order valence-electron chi connectivity index (χ2n) is 13.8. The minimum Gasteiger partial charge on any atom is -0.309 e. The lowest BCUT2D eigenvalue weighted by Gasteiger charge is -2.10.